The number of fused-ring (bicyclic) bond motifs is 2. The van der Waals surface area contributed by atoms with Crippen molar-refractivity contribution in [1.82, 2.24) is 10.2 Å². The maximum Gasteiger partial charge on any atom is 0.410 e. The van der Waals surface area contributed by atoms with Crippen LogP contribution in [0.15, 0.2) is 0 Å². The highest BCUT2D eigenvalue weighted by Crippen LogP contribution is 2.40. The zero-order chi connectivity index (χ0) is 12.7. The maximum atomic E-state index is 12.1. The van der Waals surface area contributed by atoms with Crippen LogP contribution in [0.4, 0.5) is 4.79 Å². The molecule has 0 aromatic carbocycles. The summed E-state index contributed by atoms with van der Waals surface area (Å²) in [6.45, 7) is 7.73. The first-order valence-electron chi connectivity index (χ1n) is 6.50. The molecule has 2 atom stereocenters. The van der Waals surface area contributed by atoms with Gasteiger partial charge >= 0.3 is 6.09 Å². The van der Waals surface area contributed by atoms with E-state index in [1.165, 1.54) is 6.42 Å². The van der Waals surface area contributed by atoms with Crippen molar-refractivity contribution in [3.05, 3.63) is 0 Å². The minimum atomic E-state index is -0.415. The molecule has 2 unspecified atom stereocenters. The Hall–Kier alpha value is -0.770. The number of ether oxygens (including phenoxy) is 1. The zero-order valence-electron chi connectivity index (χ0n) is 11.4. The number of nitrogens with one attached hydrogen (secondary N) is 1. The molecule has 4 nitrogen and oxygen atoms in total. The van der Waals surface area contributed by atoms with Crippen molar-refractivity contribution in [1.29, 1.82) is 0 Å². The molecule has 1 amide bonds. The summed E-state index contributed by atoms with van der Waals surface area (Å²) >= 11 is 0. The largest absolute Gasteiger partial charge is 0.444 e. The van der Waals surface area contributed by atoms with E-state index in [1.807, 2.05) is 32.7 Å². The Balaban J connectivity index is 2.04. The number of rotatable bonds is 1. The lowest BCUT2D eigenvalue weighted by Crippen LogP contribution is -2.57. The molecule has 0 aromatic heterocycles. The van der Waals surface area contributed by atoms with Gasteiger partial charge in [-0.15, -0.1) is 0 Å². The van der Waals surface area contributed by atoms with Crippen molar-refractivity contribution >= 4 is 6.09 Å². The molecule has 2 rings (SSSR count). The van der Waals surface area contributed by atoms with Crippen LogP contribution in [0.5, 0.6) is 0 Å². The lowest BCUT2D eigenvalue weighted by atomic mass is 9.91. The van der Waals surface area contributed by atoms with E-state index in [4.69, 9.17) is 4.74 Å². The van der Waals surface area contributed by atoms with Gasteiger partial charge in [0.25, 0.3) is 0 Å². The number of hydrogen-bond acceptors (Lipinski definition) is 3. The summed E-state index contributed by atoms with van der Waals surface area (Å²) in [4.78, 5) is 13.9. The van der Waals surface area contributed by atoms with Crippen LogP contribution in [0.25, 0.3) is 0 Å². The van der Waals surface area contributed by atoms with Gasteiger partial charge in [0.05, 0.1) is 5.54 Å². The van der Waals surface area contributed by atoms with E-state index >= 15 is 0 Å². The molecular weight excluding hydrogens is 216 g/mol. The summed E-state index contributed by atoms with van der Waals surface area (Å²) in [6.07, 6.45) is 3.25. The van der Waals surface area contributed by atoms with Crippen molar-refractivity contribution in [3.8, 4) is 0 Å². The number of amides is 1. The van der Waals surface area contributed by atoms with Crippen LogP contribution < -0.4 is 5.32 Å². The number of nitrogens with zero attached hydrogens (tertiary/aromatic N) is 1. The molecule has 0 radical (unpaired) electrons. The van der Waals surface area contributed by atoms with Gasteiger partial charge in [-0.1, -0.05) is 0 Å². The van der Waals surface area contributed by atoms with Gasteiger partial charge in [-0.2, -0.15) is 0 Å². The Labute approximate surface area is 104 Å². The predicted molar refractivity (Wildman–Crippen MR) is 66.9 cm³/mol. The van der Waals surface area contributed by atoms with Crippen molar-refractivity contribution < 1.29 is 9.53 Å². The summed E-state index contributed by atoms with van der Waals surface area (Å²) in [7, 11) is 1.88. The molecule has 1 saturated heterocycles. The second kappa shape index (κ2) is 4.16. The molecule has 4 heteroatoms. The van der Waals surface area contributed by atoms with Crippen molar-refractivity contribution in [2.75, 3.05) is 20.1 Å². The highest BCUT2D eigenvalue weighted by atomic mass is 16.6. The lowest BCUT2D eigenvalue weighted by Gasteiger charge is -2.42. The van der Waals surface area contributed by atoms with E-state index in [2.05, 4.69) is 5.32 Å². The summed E-state index contributed by atoms with van der Waals surface area (Å²) in [6, 6.07) is 0. The van der Waals surface area contributed by atoms with Crippen LogP contribution >= 0.6 is 0 Å². The fourth-order valence-electron chi connectivity index (χ4n) is 3.01. The molecule has 98 valence electrons. The van der Waals surface area contributed by atoms with Crippen LogP contribution in [-0.4, -0.2) is 42.3 Å². The fourth-order valence-corrected chi connectivity index (χ4v) is 3.01. The number of carbonyl (C=O) groups is 1. The predicted octanol–water partition coefficient (Wildman–Crippen LogP) is 2.00. The minimum Gasteiger partial charge on any atom is -0.444 e. The van der Waals surface area contributed by atoms with Crippen LogP contribution in [0, 0.1) is 5.92 Å². The van der Waals surface area contributed by atoms with Crippen LogP contribution in [0.1, 0.15) is 40.0 Å². The Bertz CT molecular complexity index is 307. The SMILES string of the molecule is CN(C(=O)OC(C)(C)C)C12CCC(CNC1)C2. The first-order chi connectivity index (χ1) is 7.82. The molecule has 17 heavy (non-hydrogen) atoms. The number of piperidine rings is 1. The second-order valence-electron chi connectivity index (χ2n) is 6.50. The molecule has 0 spiro atoms. The third kappa shape index (κ3) is 2.57. The van der Waals surface area contributed by atoms with E-state index in [1.54, 1.807) is 0 Å². The Kier molecular flexibility index (Phi) is 3.10. The Morgan fingerprint density at radius 2 is 2.18 bits per heavy atom. The maximum absolute atomic E-state index is 12.1. The van der Waals surface area contributed by atoms with Crippen LogP contribution in [0.2, 0.25) is 0 Å². The zero-order valence-corrected chi connectivity index (χ0v) is 11.4. The number of carbonyl (C=O) groups excluding carboxylic acids is 1. The van der Waals surface area contributed by atoms with Gasteiger partial charge in [-0.3, -0.25) is 0 Å². The first-order valence-corrected chi connectivity index (χ1v) is 6.50. The van der Waals surface area contributed by atoms with E-state index in [9.17, 15) is 4.79 Å². The summed E-state index contributed by atoms with van der Waals surface area (Å²) in [5.41, 5.74) is -0.423. The fraction of sp³-hybridized carbons (Fsp3) is 0.923. The monoisotopic (exact) mass is 240 g/mol. The van der Waals surface area contributed by atoms with Gasteiger partial charge in [0, 0.05) is 13.6 Å². The molecule has 2 aliphatic rings. The third-order valence-electron chi connectivity index (χ3n) is 3.95. The number of likely N-dealkylation sites (N-methyl/N-ethyl adjacent to an activating group) is 1. The highest BCUT2D eigenvalue weighted by Gasteiger charge is 2.47. The van der Waals surface area contributed by atoms with E-state index in [0.717, 1.165) is 31.8 Å². The minimum absolute atomic E-state index is 0.00868. The summed E-state index contributed by atoms with van der Waals surface area (Å²) in [5, 5.41) is 3.44. The normalized spacial score (nSPS) is 32.4. The number of hydrogen-bond donors (Lipinski definition) is 1. The lowest BCUT2D eigenvalue weighted by molar-refractivity contribution is 0.00285. The van der Waals surface area contributed by atoms with E-state index < -0.39 is 5.60 Å². The second-order valence-corrected chi connectivity index (χ2v) is 6.50. The topological polar surface area (TPSA) is 41.6 Å². The van der Waals surface area contributed by atoms with Crippen molar-refractivity contribution in [3.63, 3.8) is 0 Å². The highest BCUT2D eigenvalue weighted by molar-refractivity contribution is 5.69. The van der Waals surface area contributed by atoms with E-state index in [-0.39, 0.29) is 11.6 Å². The third-order valence-corrected chi connectivity index (χ3v) is 3.95. The molecular formula is C13H24N2O2. The molecule has 1 aliphatic carbocycles. The van der Waals surface area contributed by atoms with Crippen molar-refractivity contribution in [2.45, 2.75) is 51.2 Å². The Morgan fingerprint density at radius 1 is 1.47 bits per heavy atom. The van der Waals surface area contributed by atoms with E-state index in [0.29, 0.717) is 0 Å². The van der Waals surface area contributed by atoms with Gasteiger partial charge < -0.3 is 15.0 Å². The molecule has 0 aromatic rings. The molecule has 1 heterocycles. The van der Waals surface area contributed by atoms with Gasteiger partial charge in [-0.25, -0.2) is 4.79 Å². The van der Waals surface area contributed by atoms with Gasteiger partial charge in [-0.05, 0) is 52.5 Å². The van der Waals surface area contributed by atoms with Crippen molar-refractivity contribution in [2.24, 2.45) is 5.92 Å². The average Bonchev–Trinajstić information content (AvgIpc) is 2.52. The van der Waals surface area contributed by atoms with Gasteiger partial charge in [0.1, 0.15) is 5.60 Å². The van der Waals surface area contributed by atoms with Crippen LogP contribution in [-0.2, 0) is 4.74 Å². The smallest absolute Gasteiger partial charge is 0.410 e. The Morgan fingerprint density at radius 3 is 2.82 bits per heavy atom. The first kappa shape index (κ1) is 12.7. The van der Waals surface area contributed by atoms with Gasteiger partial charge in [0.15, 0.2) is 0 Å². The standard InChI is InChI=1S/C13H24N2O2/c1-12(2,3)17-11(16)15(4)13-6-5-10(7-13)8-14-9-13/h10,14H,5-9H2,1-4H3. The molecule has 2 fully saturated rings. The van der Waals surface area contributed by atoms with Gasteiger partial charge in [0.2, 0.25) is 0 Å². The molecule has 1 aliphatic heterocycles. The average molecular weight is 240 g/mol. The molecule has 1 N–H and O–H groups in total. The summed E-state index contributed by atoms with van der Waals surface area (Å²) in [5.74, 6) is 0.730. The summed E-state index contributed by atoms with van der Waals surface area (Å²) < 4.78 is 5.46. The quantitative estimate of drug-likeness (QED) is 0.762. The molecule has 1 saturated carbocycles. The van der Waals surface area contributed by atoms with Crippen LogP contribution in [0.3, 0.4) is 0 Å². The molecule has 2 bridgehead atoms.